The van der Waals surface area contributed by atoms with E-state index in [1.807, 2.05) is 68.7 Å². The van der Waals surface area contributed by atoms with Crippen LogP contribution in [-0.2, 0) is 11.3 Å². The molecule has 0 heterocycles. The largest absolute Gasteiger partial charge is 0.492 e. The molecule has 0 radical (unpaired) electrons. The van der Waals surface area contributed by atoms with Gasteiger partial charge in [0.1, 0.15) is 18.4 Å². The summed E-state index contributed by atoms with van der Waals surface area (Å²) in [6.07, 6.45) is 0. The molecule has 2 rings (SSSR count). The normalized spacial score (nSPS) is 11.1. The Bertz CT molecular complexity index is 654. The van der Waals surface area contributed by atoms with Crippen molar-refractivity contribution in [2.75, 3.05) is 27.2 Å². The van der Waals surface area contributed by atoms with Crippen molar-refractivity contribution in [2.24, 2.45) is 5.73 Å². The second kappa shape index (κ2) is 12.5. The summed E-state index contributed by atoms with van der Waals surface area (Å²) in [5.74, 6) is 0.581. The third kappa shape index (κ3) is 7.62. The van der Waals surface area contributed by atoms with Gasteiger partial charge in [-0.15, -0.1) is 24.8 Å². The fourth-order valence-electron chi connectivity index (χ4n) is 2.23. The molecule has 26 heavy (non-hydrogen) atoms. The van der Waals surface area contributed by atoms with E-state index in [9.17, 15) is 4.79 Å². The van der Waals surface area contributed by atoms with E-state index >= 15 is 0 Å². The highest BCUT2D eigenvalue weighted by atomic mass is 35.5. The van der Waals surface area contributed by atoms with Crippen LogP contribution in [0.3, 0.4) is 0 Å². The molecule has 0 spiro atoms. The zero-order valence-electron chi connectivity index (χ0n) is 15.1. The first-order valence-electron chi connectivity index (χ1n) is 8.01. The molecule has 0 saturated carbocycles. The number of rotatable bonds is 8. The molecule has 0 bridgehead atoms. The number of halogens is 2. The summed E-state index contributed by atoms with van der Waals surface area (Å²) in [5, 5.41) is 2.88. The number of carbonyl (C=O) groups excluding carboxylic acids is 1. The fourth-order valence-corrected chi connectivity index (χ4v) is 2.23. The minimum Gasteiger partial charge on any atom is -0.492 e. The Morgan fingerprint density at radius 1 is 1.08 bits per heavy atom. The van der Waals surface area contributed by atoms with Crippen molar-refractivity contribution >= 4 is 30.7 Å². The molecule has 0 aromatic heterocycles. The van der Waals surface area contributed by atoms with Crippen molar-refractivity contribution in [1.29, 1.82) is 0 Å². The Hall–Kier alpha value is -1.79. The Morgan fingerprint density at radius 2 is 1.69 bits per heavy atom. The Morgan fingerprint density at radius 3 is 2.35 bits per heavy atom. The van der Waals surface area contributed by atoms with E-state index in [1.54, 1.807) is 0 Å². The zero-order chi connectivity index (χ0) is 17.4. The predicted molar refractivity (Wildman–Crippen MR) is 110 cm³/mol. The van der Waals surface area contributed by atoms with Crippen LogP contribution in [-0.4, -0.2) is 38.1 Å². The molecule has 1 atom stereocenters. The van der Waals surface area contributed by atoms with Crippen molar-refractivity contribution < 1.29 is 9.53 Å². The lowest BCUT2D eigenvalue weighted by atomic mass is 10.1. The van der Waals surface area contributed by atoms with Crippen molar-refractivity contribution in [3.8, 4) is 5.75 Å². The van der Waals surface area contributed by atoms with Crippen LogP contribution in [0.4, 0.5) is 0 Å². The van der Waals surface area contributed by atoms with Crippen LogP contribution in [0, 0.1) is 0 Å². The van der Waals surface area contributed by atoms with Gasteiger partial charge in [-0.25, -0.2) is 0 Å². The number of carbonyl (C=O) groups is 1. The second-order valence-corrected chi connectivity index (χ2v) is 5.87. The zero-order valence-corrected chi connectivity index (χ0v) is 16.7. The lowest BCUT2D eigenvalue weighted by Crippen LogP contribution is -2.33. The SMILES string of the molecule is CN(C)CCOc1ccccc1CNC(=O)C(N)c1ccccc1.Cl.Cl. The number of hydrogen-bond acceptors (Lipinski definition) is 4. The number of nitrogens with zero attached hydrogens (tertiary/aromatic N) is 1. The number of nitrogens with two attached hydrogens (primary N) is 1. The first-order chi connectivity index (χ1) is 11.6. The molecular formula is C19H27Cl2N3O2. The maximum Gasteiger partial charge on any atom is 0.241 e. The fraction of sp³-hybridized carbons (Fsp3) is 0.316. The van der Waals surface area contributed by atoms with Gasteiger partial charge in [0.05, 0.1) is 0 Å². The minimum atomic E-state index is -0.673. The molecule has 3 N–H and O–H groups in total. The average molecular weight is 400 g/mol. The maximum absolute atomic E-state index is 12.2. The quantitative estimate of drug-likeness (QED) is 0.715. The van der Waals surface area contributed by atoms with Crippen molar-refractivity contribution in [3.63, 3.8) is 0 Å². The van der Waals surface area contributed by atoms with Gasteiger partial charge in [0.15, 0.2) is 0 Å². The van der Waals surface area contributed by atoms with Crippen LogP contribution in [0.1, 0.15) is 17.2 Å². The smallest absolute Gasteiger partial charge is 0.241 e. The molecule has 1 amide bonds. The molecule has 5 nitrogen and oxygen atoms in total. The van der Waals surface area contributed by atoms with Gasteiger partial charge in [0, 0.05) is 18.7 Å². The molecule has 2 aromatic carbocycles. The van der Waals surface area contributed by atoms with Gasteiger partial charge in [-0.1, -0.05) is 48.5 Å². The van der Waals surface area contributed by atoms with E-state index in [0.717, 1.165) is 23.4 Å². The summed E-state index contributed by atoms with van der Waals surface area (Å²) in [6, 6.07) is 16.4. The van der Waals surface area contributed by atoms with E-state index < -0.39 is 6.04 Å². The Balaban J connectivity index is 0.00000312. The molecular weight excluding hydrogens is 373 g/mol. The predicted octanol–water partition coefficient (Wildman–Crippen LogP) is 2.79. The van der Waals surface area contributed by atoms with E-state index in [4.69, 9.17) is 10.5 Å². The monoisotopic (exact) mass is 399 g/mol. The Kier molecular flexibility index (Phi) is 11.7. The topological polar surface area (TPSA) is 67.6 Å². The summed E-state index contributed by atoms with van der Waals surface area (Å²) < 4.78 is 5.80. The lowest BCUT2D eigenvalue weighted by molar-refractivity contribution is -0.122. The molecule has 2 aromatic rings. The Labute approximate surface area is 167 Å². The highest BCUT2D eigenvalue weighted by Gasteiger charge is 2.15. The molecule has 0 aliphatic heterocycles. The third-order valence-electron chi connectivity index (χ3n) is 3.66. The number of hydrogen-bond donors (Lipinski definition) is 2. The summed E-state index contributed by atoms with van der Waals surface area (Å²) >= 11 is 0. The van der Waals surface area contributed by atoms with Crippen LogP contribution in [0.2, 0.25) is 0 Å². The number of benzene rings is 2. The van der Waals surface area contributed by atoms with E-state index in [1.165, 1.54) is 0 Å². The number of amides is 1. The van der Waals surface area contributed by atoms with Gasteiger partial charge in [-0.3, -0.25) is 4.79 Å². The number of ether oxygens (including phenoxy) is 1. The van der Waals surface area contributed by atoms with Gasteiger partial charge in [-0.2, -0.15) is 0 Å². The van der Waals surface area contributed by atoms with Gasteiger partial charge < -0.3 is 20.7 Å². The molecule has 1 unspecified atom stereocenters. The summed E-state index contributed by atoms with van der Waals surface area (Å²) in [6.45, 7) is 1.82. The van der Waals surface area contributed by atoms with Gasteiger partial charge in [0.2, 0.25) is 5.91 Å². The number of likely N-dealkylation sites (N-methyl/N-ethyl adjacent to an activating group) is 1. The minimum absolute atomic E-state index is 0. The van der Waals surface area contributed by atoms with Gasteiger partial charge >= 0.3 is 0 Å². The first-order valence-corrected chi connectivity index (χ1v) is 8.01. The van der Waals surface area contributed by atoms with Gasteiger partial charge in [0.25, 0.3) is 0 Å². The van der Waals surface area contributed by atoms with Crippen LogP contribution in [0.15, 0.2) is 54.6 Å². The standard InChI is InChI=1S/C19H25N3O2.2ClH/c1-22(2)12-13-24-17-11-7-6-10-16(17)14-21-19(23)18(20)15-8-4-3-5-9-15;;/h3-11,18H,12-14,20H2,1-2H3,(H,21,23);2*1H. The summed E-state index contributed by atoms with van der Waals surface area (Å²) in [5.41, 5.74) is 7.74. The first kappa shape index (κ1) is 24.2. The second-order valence-electron chi connectivity index (χ2n) is 5.87. The van der Waals surface area contributed by atoms with Crippen LogP contribution >= 0.6 is 24.8 Å². The van der Waals surface area contributed by atoms with Crippen molar-refractivity contribution in [3.05, 3.63) is 65.7 Å². The van der Waals surface area contributed by atoms with Crippen molar-refractivity contribution in [1.82, 2.24) is 10.2 Å². The van der Waals surface area contributed by atoms with Gasteiger partial charge in [-0.05, 0) is 25.7 Å². The average Bonchev–Trinajstić information content (AvgIpc) is 2.60. The highest BCUT2D eigenvalue weighted by Crippen LogP contribution is 2.18. The lowest BCUT2D eigenvalue weighted by Gasteiger charge is -2.16. The molecule has 144 valence electrons. The molecule has 0 aliphatic rings. The number of para-hydroxylation sites is 1. The van der Waals surface area contributed by atoms with E-state index in [2.05, 4.69) is 10.2 Å². The van der Waals surface area contributed by atoms with Crippen LogP contribution in [0.25, 0.3) is 0 Å². The van der Waals surface area contributed by atoms with Crippen molar-refractivity contribution in [2.45, 2.75) is 12.6 Å². The van der Waals surface area contributed by atoms with E-state index in [-0.39, 0.29) is 30.7 Å². The number of nitrogens with one attached hydrogen (secondary N) is 1. The van der Waals surface area contributed by atoms with E-state index in [0.29, 0.717) is 13.2 Å². The molecule has 0 aliphatic carbocycles. The summed E-state index contributed by atoms with van der Waals surface area (Å²) in [7, 11) is 4.00. The molecule has 0 fully saturated rings. The molecule has 7 heteroatoms. The maximum atomic E-state index is 12.2. The van der Waals surface area contributed by atoms with Crippen LogP contribution in [0.5, 0.6) is 5.75 Å². The van der Waals surface area contributed by atoms with Crippen LogP contribution < -0.4 is 15.8 Å². The third-order valence-corrected chi connectivity index (χ3v) is 3.66. The highest BCUT2D eigenvalue weighted by molar-refractivity contribution is 5.85. The molecule has 0 saturated heterocycles. The summed E-state index contributed by atoms with van der Waals surface area (Å²) in [4.78, 5) is 14.3.